The molecular formula is C23H12ClF3N4O6S. The summed E-state index contributed by atoms with van der Waals surface area (Å²) in [6, 6.07) is 5.82. The lowest BCUT2D eigenvalue weighted by Crippen LogP contribution is -2.34. The van der Waals surface area contributed by atoms with Crippen molar-refractivity contribution in [3.63, 3.8) is 0 Å². The number of nitro benzene ring substituents is 1. The first-order valence-corrected chi connectivity index (χ1v) is 11.8. The topological polar surface area (TPSA) is 140 Å². The van der Waals surface area contributed by atoms with E-state index in [1.54, 1.807) is 0 Å². The molecule has 3 heterocycles. The van der Waals surface area contributed by atoms with Gasteiger partial charge in [-0.3, -0.25) is 14.9 Å². The summed E-state index contributed by atoms with van der Waals surface area (Å²) in [5, 5.41) is 24.0. The van der Waals surface area contributed by atoms with Crippen molar-refractivity contribution in [2.75, 3.05) is 0 Å². The van der Waals surface area contributed by atoms with Crippen molar-refractivity contribution >= 4 is 56.4 Å². The standard InChI is InChI=1S/C23H12ClF3N4O6S/c24-15-3-2-12(31(36)37)5-10(15)7-29-17-4-1-11(23(25,26)27)6-13(17)18(19(29)21(33)34)30-20(32)14-8-38-9-16(14)28-22(30)35/h1-6,8-9H,7H2,(H,28,35)(H,33,34). The number of nitrogens with one attached hydrogen (secondary N) is 1. The van der Waals surface area contributed by atoms with Crippen molar-refractivity contribution in [1.29, 1.82) is 0 Å². The molecule has 0 fully saturated rings. The maximum Gasteiger partial charge on any atom is 0.416 e. The Hall–Kier alpha value is -4.43. The highest BCUT2D eigenvalue weighted by Crippen LogP contribution is 2.37. The van der Waals surface area contributed by atoms with E-state index in [2.05, 4.69) is 4.98 Å². The number of thiophene rings is 1. The number of fused-ring (bicyclic) bond motifs is 2. The van der Waals surface area contributed by atoms with E-state index < -0.39 is 51.8 Å². The van der Waals surface area contributed by atoms with Gasteiger partial charge in [-0.1, -0.05) is 11.6 Å². The number of aromatic amines is 1. The SMILES string of the molecule is O=C(O)c1c(-n2c(=O)[nH]c3cscc3c2=O)c2cc(C(F)(F)F)ccc2n1Cc1cc([N+](=O)[O-])ccc1Cl. The zero-order chi connectivity index (χ0) is 27.5. The third kappa shape index (κ3) is 4.03. The van der Waals surface area contributed by atoms with E-state index in [9.17, 15) is 42.8 Å². The average molecular weight is 565 g/mol. The molecule has 5 rings (SSSR count). The van der Waals surface area contributed by atoms with Gasteiger partial charge in [0.1, 0.15) is 0 Å². The lowest BCUT2D eigenvalue weighted by Gasteiger charge is -2.11. The van der Waals surface area contributed by atoms with Gasteiger partial charge in [0.15, 0.2) is 5.69 Å². The highest BCUT2D eigenvalue weighted by atomic mass is 35.5. The van der Waals surface area contributed by atoms with E-state index in [0.29, 0.717) is 10.6 Å². The van der Waals surface area contributed by atoms with Crippen LogP contribution in [0, 0.1) is 10.1 Å². The summed E-state index contributed by atoms with van der Waals surface area (Å²) in [6.45, 7) is -0.433. The van der Waals surface area contributed by atoms with Crippen LogP contribution >= 0.6 is 22.9 Å². The lowest BCUT2D eigenvalue weighted by atomic mass is 10.1. The Kier molecular flexibility index (Phi) is 5.87. The van der Waals surface area contributed by atoms with Crippen LogP contribution in [0.25, 0.3) is 27.5 Å². The molecule has 2 aromatic carbocycles. The Morgan fingerprint density at radius 1 is 1.13 bits per heavy atom. The number of hydrogen-bond donors (Lipinski definition) is 2. The number of nitrogens with zero attached hydrogens (tertiary/aromatic N) is 3. The lowest BCUT2D eigenvalue weighted by molar-refractivity contribution is -0.384. The van der Waals surface area contributed by atoms with Crippen LogP contribution < -0.4 is 11.2 Å². The molecule has 38 heavy (non-hydrogen) atoms. The van der Waals surface area contributed by atoms with Gasteiger partial charge in [-0.15, -0.1) is 11.3 Å². The van der Waals surface area contributed by atoms with Gasteiger partial charge >= 0.3 is 17.8 Å². The molecule has 0 aliphatic rings. The molecule has 194 valence electrons. The first-order valence-electron chi connectivity index (χ1n) is 10.5. The quantitative estimate of drug-likeness (QED) is 0.227. The van der Waals surface area contributed by atoms with E-state index in [-0.39, 0.29) is 38.1 Å². The molecule has 2 N–H and O–H groups in total. The summed E-state index contributed by atoms with van der Waals surface area (Å²) in [6.07, 6.45) is -4.82. The Bertz CT molecular complexity index is 1920. The molecule has 0 spiro atoms. The molecule has 3 aromatic heterocycles. The first-order chi connectivity index (χ1) is 17.9. The van der Waals surface area contributed by atoms with E-state index in [1.807, 2.05) is 0 Å². The van der Waals surface area contributed by atoms with Crippen molar-refractivity contribution in [3.8, 4) is 5.69 Å². The van der Waals surface area contributed by atoms with Crippen molar-refractivity contribution in [2.45, 2.75) is 12.7 Å². The van der Waals surface area contributed by atoms with Crippen LogP contribution in [0.2, 0.25) is 5.02 Å². The second-order valence-electron chi connectivity index (χ2n) is 8.12. The summed E-state index contributed by atoms with van der Waals surface area (Å²) in [5.41, 5.74) is -4.58. The summed E-state index contributed by atoms with van der Waals surface area (Å²) in [7, 11) is 0. The van der Waals surface area contributed by atoms with Crippen molar-refractivity contribution in [1.82, 2.24) is 14.1 Å². The molecule has 10 nitrogen and oxygen atoms in total. The van der Waals surface area contributed by atoms with Crippen molar-refractivity contribution in [3.05, 3.63) is 100.0 Å². The van der Waals surface area contributed by atoms with Gasteiger partial charge in [-0.2, -0.15) is 13.2 Å². The highest BCUT2D eigenvalue weighted by Gasteiger charge is 2.33. The van der Waals surface area contributed by atoms with Gasteiger partial charge in [0.25, 0.3) is 11.2 Å². The molecule has 0 amide bonds. The smallest absolute Gasteiger partial charge is 0.416 e. The number of carbonyl (C=O) groups is 1. The van der Waals surface area contributed by atoms with Crippen LogP contribution in [-0.2, 0) is 12.7 Å². The monoisotopic (exact) mass is 564 g/mol. The van der Waals surface area contributed by atoms with E-state index in [0.717, 1.165) is 40.2 Å². The molecule has 0 radical (unpaired) electrons. The molecule has 0 saturated heterocycles. The number of aromatic carboxylic acids is 1. The van der Waals surface area contributed by atoms with Gasteiger partial charge in [-0.25, -0.2) is 14.2 Å². The molecule has 0 aliphatic carbocycles. The first kappa shape index (κ1) is 25.2. The number of non-ortho nitro benzene ring substituents is 1. The zero-order valence-corrected chi connectivity index (χ0v) is 20.1. The van der Waals surface area contributed by atoms with Crippen LogP contribution in [0.4, 0.5) is 18.9 Å². The minimum atomic E-state index is -4.82. The largest absolute Gasteiger partial charge is 0.477 e. The fraction of sp³-hybridized carbons (Fsp3) is 0.0870. The fourth-order valence-corrected chi connectivity index (χ4v) is 5.16. The molecular weight excluding hydrogens is 553 g/mol. The normalized spacial score (nSPS) is 11.9. The summed E-state index contributed by atoms with van der Waals surface area (Å²) in [5.74, 6) is -1.66. The molecule has 0 atom stereocenters. The molecule has 0 bridgehead atoms. The number of aromatic nitrogens is 3. The predicted molar refractivity (Wildman–Crippen MR) is 133 cm³/mol. The van der Waals surface area contributed by atoms with Crippen molar-refractivity contribution < 1.29 is 28.0 Å². The Morgan fingerprint density at radius 2 is 1.87 bits per heavy atom. The summed E-state index contributed by atoms with van der Waals surface area (Å²) >= 11 is 7.29. The van der Waals surface area contributed by atoms with Gasteiger partial charge < -0.3 is 14.7 Å². The van der Waals surface area contributed by atoms with E-state index in [4.69, 9.17) is 11.6 Å². The Balaban J connectivity index is 1.91. The number of nitro groups is 1. The number of alkyl halides is 3. The van der Waals surface area contributed by atoms with Gasteiger partial charge in [0, 0.05) is 33.3 Å². The minimum Gasteiger partial charge on any atom is -0.477 e. The number of rotatable bonds is 5. The third-order valence-corrected chi connectivity index (χ3v) is 7.01. The third-order valence-electron chi connectivity index (χ3n) is 5.90. The zero-order valence-electron chi connectivity index (χ0n) is 18.6. The Morgan fingerprint density at radius 3 is 2.53 bits per heavy atom. The number of benzene rings is 2. The van der Waals surface area contributed by atoms with Gasteiger partial charge in [0.05, 0.1) is 39.1 Å². The summed E-state index contributed by atoms with van der Waals surface area (Å²) < 4.78 is 42.4. The second-order valence-corrected chi connectivity index (χ2v) is 9.27. The van der Waals surface area contributed by atoms with Crippen LogP contribution in [0.3, 0.4) is 0 Å². The molecule has 0 aliphatic heterocycles. The maximum absolute atomic E-state index is 13.6. The number of hydrogen-bond acceptors (Lipinski definition) is 6. The van der Waals surface area contributed by atoms with E-state index in [1.165, 1.54) is 16.8 Å². The maximum atomic E-state index is 13.6. The predicted octanol–water partition coefficient (Wildman–Crippen LogP) is 5.02. The molecule has 0 saturated carbocycles. The second kappa shape index (κ2) is 8.85. The fourth-order valence-electron chi connectivity index (χ4n) is 4.23. The van der Waals surface area contributed by atoms with E-state index >= 15 is 0 Å². The van der Waals surface area contributed by atoms with Gasteiger partial charge in [0.2, 0.25) is 0 Å². The van der Waals surface area contributed by atoms with Crippen molar-refractivity contribution in [2.24, 2.45) is 0 Å². The highest BCUT2D eigenvalue weighted by molar-refractivity contribution is 7.09. The average Bonchev–Trinajstić information content (AvgIpc) is 3.42. The van der Waals surface area contributed by atoms with Crippen LogP contribution in [0.15, 0.2) is 56.7 Å². The number of carboxylic acids is 1. The molecule has 0 unspecified atom stereocenters. The van der Waals surface area contributed by atoms with Crippen LogP contribution in [0.1, 0.15) is 21.6 Å². The molecule has 15 heteroatoms. The number of H-pyrrole nitrogens is 1. The van der Waals surface area contributed by atoms with Gasteiger partial charge in [-0.05, 0) is 29.8 Å². The minimum absolute atomic E-state index is 0.0250. The summed E-state index contributed by atoms with van der Waals surface area (Å²) in [4.78, 5) is 51.8. The number of halogens is 4. The molecule has 5 aromatic rings. The number of carboxylic acid groups (broad SMARTS) is 1. The van der Waals surface area contributed by atoms with Crippen LogP contribution in [-0.4, -0.2) is 30.1 Å². The Labute approximate surface area is 216 Å². The van der Waals surface area contributed by atoms with Crippen LogP contribution in [0.5, 0.6) is 0 Å².